The van der Waals surface area contributed by atoms with Crippen molar-refractivity contribution in [2.24, 2.45) is 0 Å². The van der Waals surface area contributed by atoms with Crippen molar-refractivity contribution in [1.29, 1.82) is 0 Å². The molecule has 0 nitrogen and oxygen atoms in total. The Morgan fingerprint density at radius 2 is 2.23 bits per heavy atom. The monoisotopic (exact) mass is 214 g/mol. The van der Waals surface area contributed by atoms with E-state index in [-0.39, 0.29) is 5.82 Å². The zero-order chi connectivity index (χ0) is 9.42. The van der Waals surface area contributed by atoms with Crippen LogP contribution in [-0.4, -0.2) is 0 Å². The van der Waals surface area contributed by atoms with Crippen LogP contribution >= 0.6 is 22.9 Å². The van der Waals surface area contributed by atoms with Crippen molar-refractivity contribution in [2.75, 3.05) is 0 Å². The van der Waals surface area contributed by atoms with Crippen LogP contribution in [0.4, 0.5) is 4.39 Å². The number of thiophene rings is 1. The third kappa shape index (κ3) is 1.45. The molecule has 13 heavy (non-hydrogen) atoms. The Hall–Kier alpha value is -0.600. The molecule has 0 bridgehead atoms. The molecule has 0 spiro atoms. The lowest BCUT2D eigenvalue weighted by atomic mass is 10.1. The van der Waals surface area contributed by atoms with E-state index in [1.54, 1.807) is 0 Å². The first-order chi connectivity index (χ1) is 6.22. The first-order valence-electron chi connectivity index (χ1n) is 3.94. The van der Waals surface area contributed by atoms with E-state index in [0.29, 0.717) is 11.3 Å². The predicted octanol–water partition coefficient (Wildman–Crippen LogP) is 4.09. The highest BCUT2D eigenvalue weighted by atomic mass is 35.5. The number of rotatable bonds is 1. The number of hydrogen-bond acceptors (Lipinski definition) is 1. The molecule has 0 saturated heterocycles. The summed E-state index contributed by atoms with van der Waals surface area (Å²) < 4.78 is 14.2. The van der Waals surface area contributed by atoms with Gasteiger partial charge >= 0.3 is 0 Å². The molecule has 2 aromatic rings. The standard InChI is InChI=1S/C10H8ClFS/c1-6-2-7(4-11)3-8-9(12)5-13-10(6)8/h2-3,5H,4H2,1H3. The van der Waals surface area contributed by atoms with Crippen LogP contribution in [-0.2, 0) is 5.88 Å². The molecule has 2 rings (SSSR count). The zero-order valence-electron chi connectivity index (χ0n) is 7.10. The lowest BCUT2D eigenvalue weighted by molar-refractivity contribution is 0.644. The maximum absolute atomic E-state index is 13.2. The van der Waals surface area contributed by atoms with Gasteiger partial charge in [0, 0.05) is 21.3 Å². The molecule has 1 aromatic heterocycles. The summed E-state index contributed by atoms with van der Waals surface area (Å²) in [7, 11) is 0. The van der Waals surface area contributed by atoms with Crippen LogP contribution in [0.1, 0.15) is 11.1 Å². The molecule has 3 heteroatoms. The Labute approximate surface area is 85.0 Å². The number of hydrogen-bond donors (Lipinski definition) is 0. The highest BCUT2D eigenvalue weighted by molar-refractivity contribution is 7.17. The van der Waals surface area contributed by atoms with Gasteiger partial charge in [0.2, 0.25) is 0 Å². The van der Waals surface area contributed by atoms with Crippen LogP contribution in [0.5, 0.6) is 0 Å². The van der Waals surface area contributed by atoms with Crippen molar-refractivity contribution in [3.63, 3.8) is 0 Å². The van der Waals surface area contributed by atoms with Gasteiger partial charge < -0.3 is 0 Å². The Morgan fingerprint density at radius 1 is 1.46 bits per heavy atom. The number of aryl methyl sites for hydroxylation is 1. The van der Waals surface area contributed by atoms with E-state index in [9.17, 15) is 4.39 Å². The molecule has 0 saturated carbocycles. The van der Waals surface area contributed by atoms with Crippen molar-refractivity contribution in [3.8, 4) is 0 Å². The second kappa shape index (κ2) is 3.28. The topological polar surface area (TPSA) is 0 Å². The summed E-state index contributed by atoms with van der Waals surface area (Å²) >= 11 is 7.14. The first-order valence-corrected chi connectivity index (χ1v) is 5.36. The van der Waals surface area contributed by atoms with Gasteiger partial charge in [-0.15, -0.1) is 22.9 Å². The highest BCUT2D eigenvalue weighted by Crippen LogP contribution is 2.29. The van der Waals surface area contributed by atoms with Crippen LogP contribution in [0, 0.1) is 12.7 Å². The van der Waals surface area contributed by atoms with Crippen LogP contribution in [0.3, 0.4) is 0 Å². The van der Waals surface area contributed by atoms with Crippen molar-refractivity contribution in [2.45, 2.75) is 12.8 Å². The zero-order valence-corrected chi connectivity index (χ0v) is 8.68. The van der Waals surface area contributed by atoms with Crippen LogP contribution in [0.2, 0.25) is 0 Å². The number of alkyl halides is 1. The van der Waals surface area contributed by atoms with E-state index in [1.165, 1.54) is 16.7 Å². The molecular formula is C10H8ClFS. The molecular weight excluding hydrogens is 207 g/mol. The second-order valence-corrected chi connectivity index (χ2v) is 4.15. The summed E-state index contributed by atoms with van der Waals surface area (Å²) in [6, 6.07) is 3.83. The third-order valence-electron chi connectivity index (χ3n) is 2.03. The van der Waals surface area contributed by atoms with Gasteiger partial charge in [-0.3, -0.25) is 0 Å². The van der Waals surface area contributed by atoms with Crippen molar-refractivity contribution < 1.29 is 4.39 Å². The molecule has 1 aromatic carbocycles. The Bertz CT molecular complexity index is 447. The molecule has 0 radical (unpaired) electrons. The van der Waals surface area contributed by atoms with Crippen LogP contribution in [0.15, 0.2) is 17.5 Å². The molecule has 0 amide bonds. The van der Waals surface area contributed by atoms with Gasteiger partial charge in [0.05, 0.1) is 0 Å². The summed E-state index contributed by atoms with van der Waals surface area (Å²) in [6.45, 7) is 1.98. The van der Waals surface area contributed by atoms with Gasteiger partial charge in [-0.2, -0.15) is 0 Å². The van der Waals surface area contributed by atoms with Crippen molar-refractivity contribution in [3.05, 3.63) is 34.5 Å². The highest BCUT2D eigenvalue weighted by Gasteiger charge is 2.06. The number of halogens is 2. The van der Waals surface area contributed by atoms with E-state index in [4.69, 9.17) is 11.6 Å². The summed E-state index contributed by atoms with van der Waals surface area (Å²) in [5.74, 6) is 0.293. The Morgan fingerprint density at radius 3 is 2.92 bits per heavy atom. The summed E-state index contributed by atoms with van der Waals surface area (Å²) in [6.07, 6.45) is 0. The average Bonchev–Trinajstić information content (AvgIpc) is 2.48. The van der Waals surface area contributed by atoms with Crippen LogP contribution in [0.25, 0.3) is 10.1 Å². The van der Waals surface area contributed by atoms with E-state index in [2.05, 4.69) is 0 Å². The van der Waals surface area contributed by atoms with Gasteiger partial charge in [-0.25, -0.2) is 4.39 Å². The fourth-order valence-corrected chi connectivity index (χ4v) is 2.46. The van der Waals surface area contributed by atoms with E-state index in [1.807, 2.05) is 19.1 Å². The maximum Gasteiger partial charge on any atom is 0.141 e. The predicted molar refractivity (Wildman–Crippen MR) is 56.1 cm³/mol. The molecule has 1 heterocycles. The first kappa shape index (κ1) is 8.97. The normalized spacial score (nSPS) is 11.0. The van der Waals surface area contributed by atoms with Gasteiger partial charge in [-0.05, 0) is 24.1 Å². The minimum Gasteiger partial charge on any atom is -0.205 e. The smallest absolute Gasteiger partial charge is 0.141 e. The number of benzene rings is 1. The van der Waals surface area contributed by atoms with Gasteiger partial charge in [0.1, 0.15) is 5.82 Å². The Kier molecular flexibility index (Phi) is 2.26. The molecule has 0 aliphatic carbocycles. The lowest BCUT2D eigenvalue weighted by Crippen LogP contribution is -1.81. The van der Waals surface area contributed by atoms with Gasteiger partial charge in [-0.1, -0.05) is 6.07 Å². The average molecular weight is 215 g/mol. The lowest BCUT2D eigenvalue weighted by Gasteiger charge is -1.99. The van der Waals surface area contributed by atoms with Crippen molar-refractivity contribution in [1.82, 2.24) is 0 Å². The molecule has 0 aliphatic rings. The fraction of sp³-hybridized carbons (Fsp3) is 0.200. The summed E-state index contributed by atoms with van der Waals surface area (Å²) in [5, 5.41) is 2.23. The minimum atomic E-state index is -0.143. The molecule has 68 valence electrons. The second-order valence-electron chi connectivity index (χ2n) is 3.01. The maximum atomic E-state index is 13.2. The molecule has 0 aliphatic heterocycles. The minimum absolute atomic E-state index is 0.143. The van der Waals surface area contributed by atoms with E-state index >= 15 is 0 Å². The SMILES string of the molecule is Cc1cc(CCl)cc2c(F)csc12. The van der Waals surface area contributed by atoms with E-state index in [0.717, 1.165) is 15.8 Å². The summed E-state index contributed by atoms with van der Waals surface area (Å²) in [5.41, 5.74) is 2.08. The van der Waals surface area contributed by atoms with Crippen LogP contribution < -0.4 is 0 Å². The Balaban J connectivity index is 2.80. The fourth-order valence-electron chi connectivity index (χ4n) is 1.43. The van der Waals surface area contributed by atoms with Gasteiger partial charge in [0.25, 0.3) is 0 Å². The molecule has 0 N–H and O–H groups in total. The molecule has 0 atom stereocenters. The van der Waals surface area contributed by atoms with Crippen molar-refractivity contribution >= 4 is 33.0 Å². The summed E-state index contributed by atoms with van der Waals surface area (Å²) in [4.78, 5) is 0. The van der Waals surface area contributed by atoms with E-state index < -0.39 is 0 Å². The molecule has 0 fully saturated rings. The quantitative estimate of drug-likeness (QED) is 0.628. The largest absolute Gasteiger partial charge is 0.205 e. The van der Waals surface area contributed by atoms with Gasteiger partial charge in [0.15, 0.2) is 0 Å². The third-order valence-corrected chi connectivity index (χ3v) is 3.44. The molecule has 0 unspecified atom stereocenters. The number of fused-ring (bicyclic) bond motifs is 1.